The molecule has 1 aliphatic carbocycles. The SMILES string of the molecule is O=C(NOCc1ccccn1)[C@@H]1c2ccccc2C(=O)N(C2CCCCC2)[C@H]1c1ccc(Cl)cc1Cl. The molecule has 2 atom stereocenters. The van der Waals surface area contributed by atoms with E-state index in [0.717, 1.165) is 32.1 Å². The smallest absolute Gasteiger partial charge is 0.254 e. The lowest BCUT2D eigenvalue weighted by Gasteiger charge is -2.46. The minimum Gasteiger partial charge on any atom is -0.327 e. The molecule has 186 valence electrons. The molecule has 6 nitrogen and oxygen atoms in total. The van der Waals surface area contributed by atoms with Crippen molar-refractivity contribution >= 4 is 35.0 Å². The Morgan fingerprint density at radius 1 is 1.00 bits per heavy atom. The maximum Gasteiger partial charge on any atom is 0.254 e. The first-order valence-electron chi connectivity index (χ1n) is 12.2. The first kappa shape index (κ1) is 24.8. The Morgan fingerprint density at radius 3 is 2.53 bits per heavy atom. The molecule has 3 aromatic rings. The van der Waals surface area contributed by atoms with E-state index in [9.17, 15) is 9.59 Å². The molecule has 36 heavy (non-hydrogen) atoms. The molecule has 8 heteroatoms. The van der Waals surface area contributed by atoms with Gasteiger partial charge in [-0.1, -0.05) is 72.8 Å². The zero-order valence-corrected chi connectivity index (χ0v) is 21.2. The van der Waals surface area contributed by atoms with E-state index in [1.54, 1.807) is 24.4 Å². The van der Waals surface area contributed by atoms with E-state index in [4.69, 9.17) is 28.0 Å². The number of hydroxylamine groups is 1. The molecule has 0 radical (unpaired) electrons. The number of carbonyl (C=O) groups excluding carboxylic acids is 2. The van der Waals surface area contributed by atoms with E-state index in [-0.39, 0.29) is 24.5 Å². The summed E-state index contributed by atoms with van der Waals surface area (Å²) in [7, 11) is 0. The Labute approximate surface area is 220 Å². The first-order valence-corrected chi connectivity index (χ1v) is 13.0. The molecule has 1 fully saturated rings. The van der Waals surface area contributed by atoms with Crippen LogP contribution in [-0.2, 0) is 16.2 Å². The molecular formula is C28H27Cl2N3O3. The van der Waals surface area contributed by atoms with Crippen LogP contribution < -0.4 is 5.48 Å². The summed E-state index contributed by atoms with van der Waals surface area (Å²) >= 11 is 12.9. The third-order valence-corrected chi connectivity index (χ3v) is 7.59. The lowest BCUT2D eigenvalue weighted by atomic mass is 9.77. The van der Waals surface area contributed by atoms with Crippen molar-refractivity contribution in [3.8, 4) is 0 Å². The van der Waals surface area contributed by atoms with Crippen LogP contribution in [-0.4, -0.2) is 27.7 Å². The summed E-state index contributed by atoms with van der Waals surface area (Å²) < 4.78 is 0. The largest absolute Gasteiger partial charge is 0.327 e. The van der Waals surface area contributed by atoms with Gasteiger partial charge in [-0.05, 0) is 54.3 Å². The second-order valence-electron chi connectivity index (χ2n) is 9.26. The number of aromatic nitrogens is 1. The van der Waals surface area contributed by atoms with E-state index in [2.05, 4.69) is 10.5 Å². The topological polar surface area (TPSA) is 71.5 Å². The summed E-state index contributed by atoms with van der Waals surface area (Å²) in [4.78, 5) is 39.4. The fourth-order valence-electron chi connectivity index (χ4n) is 5.39. The van der Waals surface area contributed by atoms with E-state index in [1.165, 1.54) is 0 Å². The van der Waals surface area contributed by atoms with Crippen molar-refractivity contribution in [2.24, 2.45) is 0 Å². The Hall–Kier alpha value is -2.93. The molecule has 0 unspecified atom stereocenters. The summed E-state index contributed by atoms with van der Waals surface area (Å²) in [6.07, 6.45) is 6.68. The number of amides is 2. The Morgan fingerprint density at radius 2 is 1.78 bits per heavy atom. The van der Waals surface area contributed by atoms with E-state index in [1.807, 2.05) is 47.4 Å². The van der Waals surface area contributed by atoms with Crippen molar-refractivity contribution < 1.29 is 14.4 Å². The van der Waals surface area contributed by atoms with Gasteiger partial charge in [0.25, 0.3) is 11.8 Å². The number of fused-ring (bicyclic) bond motifs is 1. The molecule has 2 amide bonds. The van der Waals surface area contributed by atoms with Gasteiger partial charge in [0.15, 0.2) is 0 Å². The van der Waals surface area contributed by atoms with Crippen molar-refractivity contribution in [2.45, 2.75) is 56.7 Å². The van der Waals surface area contributed by atoms with E-state index in [0.29, 0.717) is 32.4 Å². The van der Waals surface area contributed by atoms with Gasteiger partial charge in [-0.15, -0.1) is 0 Å². The summed E-state index contributed by atoms with van der Waals surface area (Å²) in [5.74, 6) is -1.14. The van der Waals surface area contributed by atoms with Gasteiger partial charge < -0.3 is 4.90 Å². The van der Waals surface area contributed by atoms with Crippen molar-refractivity contribution in [1.29, 1.82) is 0 Å². The molecule has 2 aliphatic rings. The average Bonchev–Trinajstić information content (AvgIpc) is 2.90. The predicted molar refractivity (Wildman–Crippen MR) is 139 cm³/mol. The number of halogens is 2. The standard InChI is InChI=1S/C28H27Cl2N3O3/c29-18-13-14-23(24(30)16-18)26-25(27(34)32-36-17-19-8-6-7-15-31-19)21-11-4-5-12-22(21)28(35)33(26)20-9-2-1-3-10-20/h4-8,11-16,20,25-26H,1-3,9-10,17H2,(H,32,34)/t25-,26+/m1/s1. The zero-order chi connectivity index (χ0) is 25.1. The highest BCUT2D eigenvalue weighted by Crippen LogP contribution is 2.47. The molecule has 1 saturated carbocycles. The second-order valence-corrected chi connectivity index (χ2v) is 10.1. The monoisotopic (exact) mass is 523 g/mol. The first-order chi connectivity index (χ1) is 17.5. The van der Waals surface area contributed by atoms with Crippen molar-refractivity contribution in [1.82, 2.24) is 15.4 Å². The number of hydrogen-bond donors (Lipinski definition) is 1. The number of rotatable bonds is 6. The van der Waals surface area contributed by atoms with Gasteiger partial charge in [-0.25, -0.2) is 5.48 Å². The molecule has 0 saturated heterocycles. The van der Waals surface area contributed by atoms with Crippen molar-refractivity contribution in [3.63, 3.8) is 0 Å². The van der Waals surface area contributed by atoms with Crippen LogP contribution in [0.15, 0.2) is 66.9 Å². The van der Waals surface area contributed by atoms with Crippen LogP contribution in [0.4, 0.5) is 0 Å². The van der Waals surface area contributed by atoms with Gasteiger partial charge in [-0.3, -0.25) is 19.4 Å². The summed E-state index contributed by atoms with van der Waals surface area (Å²) in [6.45, 7) is 0.124. The van der Waals surface area contributed by atoms with Crippen LogP contribution in [0, 0.1) is 0 Å². The third kappa shape index (κ3) is 4.99. The summed E-state index contributed by atoms with van der Waals surface area (Å²) in [6, 6.07) is 17.5. The highest BCUT2D eigenvalue weighted by molar-refractivity contribution is 6.35. The normalized spacial score (nSPS) is 20.2. The van der Waals surface area contributed by atoms with Gasteiger partial charge in [0.1, 0.15) is 6.61 Å². The molecule has 2 heterocycles. The highest BCUT2D eigenvalue weighted by Gasteiger charge is 2.47. The fourth-order valence-corrected chi connectivity index (χ4v) is 5.92. The van der Waals surface area contributed by atoms with Gasteiger partial charge >= 0.3 is 0 Å². The third-order valence-electron chi connectivity index (χ3n) is 7.03. The Balaban J connectivity index is 1.55. The number of carbonyl (C=O) groups is 2. The zero-order valence-electron chi connectivity index (χ0n) is 19.7. The minimum absolute atomic E-state index is 0.0149. The van der Waals surface area contributed by atoms with Crippen LogP contribution in [0.1, 0.15) is 71.2 Å². The number of benzene rings is 2. The quantitative estimate of drug-likeness (QED) is 0.387. The van der Waals surface area contributed by atoms with Gasteiger partial charge in [0.2, 0.25) is 0 Å². The van der Waals surface area contributed by atoms with E-state index >= 15 is 0 Å². The Bertz CT molecular complexity index is 1250. The molecule has 5 rings (SSSR count). The number of nitrogens with zero attached hydrogens (tertiary/aromatic N) is 2. The van der Waals surface area contributed by atoms with E-state index < -0.39 is 12.0 Å². The highest BCUT2D eigenvalue weighted by atomic mass is 35.5. The minimum atomic E-state index is -0.719. The predicted octanol–water partition coefficient (Wildman–Crippen LogP) is 6.25. The number of nitrogens with one attached hydrogen (secondary N) is 1. The molecule has 1 aliphatic heterocycles. The van der Waals surface area contributed by atoms with Crippen LogP contribution in [0.3, 0.4) is 0 Å². The summed E-state index contributed by atoms with van der Waals surface area (Å²) in [5.41, 5.74) is 5.20. The molecule has 0 spiro atoms. The number of hydrogen-bond acceptors (Lipinski definition) is 4. The molecular weight excluding hydrogens is 497 g/mol. The molecule has 0 bridgehead atoms. The maximum absolute atomic E-state index is 13.9. The Kier molecular flexibility index (Phi) is 7.56. The van der Waals surface area contributed by atoms with Crippen molar-refractivity contribution in [3.05, 3.63) is 99.3 Å². The lowest BCUT2D eigenvalue weighted by Crippen LogP contribution is -2.52. The van der Waals surface area contributed by atoms with Gasteiger partial charge in [-0.2, -0.15) is 0 Å². The van der Waals surface area contributed by atoms with Crippen LogP contribution >= 0.6 is 23.2 Å². The molecule has 1 N–H and O–H groups in total. The molecule has 1 aromatic heterocycles. The lowest BCUT2D eigenvalue weighted by molar-refractivity contribution is -0.138. The summed E-state index contributed by atoms with van der Waals surface area (Å²) in [5, 5.41) is 0.919. The van der Waals surface area contributed by atoms with Crippen LogP contribution in [0.5, 0.6) is 0 Å². The fraction of sp³-hybridized carbons (Fsp3) is 0.321. The van der Waals surface area contributed by atoms with Gasteiger partial charge in [0.05, 0.1) is 17.7 Å². The maximum atomic E-state index is 13.9. The van der Waals surface area contributed by atoms with Crippen LogP contribution in [0.25, 0.3) is 0 Å². The average molecular weight is 524 g/mol. The second kappa shape index (κ2) is 11.0. The van der Waals surface area contributed by atoms with Crippen molar-refractivity contribution in [2.75, 3.05) is 0 Å². The number of pyridine rings is 1. The van der Waals surface area contributed by atoms with Gasteiger partial charge in [0, 0.05) is 27.8 Å². The molecule has 2 aromatic carbocycles. The van der Waals surface area contributed by atoms with Crippen LogP contribution in [0.2, 0.25) is 10.0 Å².